The summed E-state index contributed by atoms with van der Waals surface area (Å²) in [7, 11) is 0. The molecular weight excluding hydrogens is 1040 g/mol. The Morgan fingerprint density at radius 2 is 1.21 bits per heavy atom. The Bertz CT molecular complexity index is 2190. The van der Waals surface area contributed by atoms with Crippen molar-refractivity contribution in [2.24, 2.45) is 50.2 Å². The zero-order valence-corrected chi connectivity index (χ0v) is 44.8. The van der Waals surface area contributed by atoms with Crippen LogP contribution in [0.2, 0.25) is 0 Å². The zero-order chi connectivity index (χ0) is 57.0. The number of aliphatic hydroxyl groups is 14. The number of allylic oxidation sites excluding steroid dienone is 2. The first-order valence-corrected chi connectivity index (χ1v) is 27.6. The highest BCUT2D eigenvalue weighted by atomic mass is 16.8. The Morgan fingerprint density at radius 3 is 1.81 bits per heavy atom. The van der Waals surface area contributed by atoms with E-state index in [0.29, 0.717) is 44.9 Å². The van der Waals surface area contributed by atoms with Crippen molar-refractivity contribution in [3.8, 4) is 0 Å². The second-order valence-electron chi connectivity index (χ2n) is 25.4. The molecule has 0 aromatic heterocycles. The molecule has 4 saturated carbocycles. The number of hydrogen-bond acceptors (Lipinski definition) is 24. The van der Waals surface area contributed by atoms with Crippen molar-refractivity contribution >= 4 is 11.9 Å². The van der Waals surface area contributed by atoms with Crippen LogP contribution in [0.25, 0.3) is 0 Å². The predicted molar refractivity (Wildman–Crippen MR) is 260 cm³/mol. The highest BCUT2D eigenvalue weighted by molar-refractivity contribution is 5.79. The number of aliphatic hydroxyl groups excluding tert-OH is 14. The van der Waals surface area contributed by atoms with Gasteiger partial charge >= 0.3 is 11.9 Å². The quantitative estimate of drug-likeness (QED) is 0.0486. The summed E-state index contributed by atoms with van der Waals surface area (Å²) >= 11 is 0. The largest absolute Gasteiger partial charge is 0.481 e. The minimum Gasteiger partial charge on any atom is -0.481 e. The number of fused-ring (bicyclic) bond motifs is 7. The van der Waals surface area contributed by atoms with Crippen LogP contribution in [-0.4, -0.2) is 244 Å². The van der Waals surface area contributed by atoms with Gasteiger partial charge in [-0.25, -0.2) is 0 Å². The van der Waals surface area contributed by atoms with Crippen LogP contribution in [0.4, 0.5) is 0 Å². The summed E-state index contributed by atoms with van der Waals surface area (Å²) in [5.74, 6) is -2.92. The van der Waals surface area contributed by atoms with Gasteiger partial charge in [-0.15, -0.1) is 0 Å². The summed E-state index contributed by atoms with van der Waals surface area (Å²) < 4.78 is 46.9. The van der Waals surface area contributed by atoms with Gasteiger partial charge < -0.3 is 114 Å². The molecule has 4 heterocycles. The SMILES string of the molecule is C[C@@]1(CO)CC[C@]2(C(=O)O[C@@H]3O[C@H](CO[C@@H]4OC[C@@H](O)[C@H](O)[C@H]4O)[C@@H](O)[C@H](O[C@@H]4O[C@H](CO)[C@@H](O)[C@H](O)[C@H]4O)[C@H]3O)CC[C@]3(C)C(=CC[C@@H]4[C@]5(C)CC[C@@H](O[C@@H]6O[C@H](CO)[C@@H](O)[C@H](O)[C@H]6O)[C@@](C)(C(=O)O)[C@H]5CC[C@]43C)[C@H]2C1. The first-order valence-electron chi connectivity index (χ1n) is 27.6. The van der Waals surface area contributed by atoms with Gasteiger partial charge in [0.15, 0.2) is 18.9 Å². The molecule has 0 amide bonds. The summed E-state index contributed by atoms with van der Waals surface area (Å²) in [6, 6.07) is 0. The second kappa shape index (κ2) is 22.1. The van der Waals surface area contributed by atoms with E-state index < -0.39 is 206 Å². The molecule has 446 valence electrons. The molecular formula is C53H84O25. The van der Waals surface area contributed by atoms with E-state index in [1.807, 2.05) is 6.92 Å². The van der Waals surface area contributed by atoms with Gasteiger partial charge in [-0.2, -0.15) is 0 Å². The van der Waals surface area contributed by atoms with Gasteiger partial charge in [-0.05, 0) is 111 Å². The third-order valence-electron chi connectivity index (χ3n) is 21.4. The zero-order valence-electron chi connectivity index (χ0n) is 44.8. The molecule has 0 aromatic carbocycles. The molecule has 29 atom stereocenters. The minimum atomic E-state index is -2.03. The van der Waals surface area contributed by atoms with Crippen molar-refractivity contribution in [1.82, 2.24) is 0 Å². The van der Waals surface area contributed by atoms with Crippen molar-refractivity contribution in [3.63, 3.8) is 0 Å². The van der Waals surface area contributed by atoms with Crippen molar-refractivity contribution < 1.29 is 124 Å². The third kappa shape index (κ3) is 9.62. The lowest BCUT2D eigenvalue weighted by Gasteiger charge is -2.71. The van der Waals surface area contributed by atoms with E-state index in [4.69, 9.17) is 37.9 Å². The molecule has 25 nitrogen and oxygen atoms in total. The molecule has 0 unspecified atom stereocenters. The molecule has 25 heteroatoms. The lowest BCUT2D eigenvalue weighted by atomic mass is 9.33. The molecule has 0 bridgehead atoms. The molecule has 15 N–H and O–H groups in total. The lowest BCUT2D eigenvalue weighted by Crippen LogP contribution is -2.68. The molecule has 8 fully saturated rings. The standard InChI is InChI=1S/C53H84O25/c1-48(21-56)12-14-53(47(70)78-45-40(67)41(77-44-39(66)36(63)33(60)26(18-55)74-44)34(61)27(75-45)20-72-42-37(64)31(58)24(57)19-71-42)15-13-50(3)22(23(53)16-48)6-7-28-49(2)10-9-30(52(5,46(68)69)29(49)8-11-51(28,50)4)76-43-38(65)35(62)32(59)25(17-54)73-43/h6,23-45,54-67H,7-21H2,1-5H3,(H,68,69)/t23-,24-,25-,26-,27-,28-,29+,30-,31+,32-,33-,34-,35+,36+,37-,38-,39-,40-,41+,42+,43+,44+,45+,48-,49+,50-,51-,52+,53+/m1/s1. The normalized spacial score (nSPS) is 54.3. The maximum Gasteiger partial charge on any atom is 0.315 e. The predicted octanol–water partition coefficient (Wildman–Crippen LogP) is -3.36. The van der Waals surface area contributed by atoms with E-state index in [1.165, 1.54) is 0 Å². The number of esters is 1. The topological polar surface area (TPSA) is 411 Å². The van der Waals surface area contributed by atoms with Crippen LogP contribution in [0.15, 0.2) is 11.6 Å². The van der Waals surface area contributed by atoms with Gasteiger partial charge in [0.25, 0.3) is 0 Å². The summed E-state index contributed by atoms with van der Waals surface area (Å²) in [5, 5.41) is 160. The van der Waals surface area contributed by atoms with Crippen LogP contribution >= 0.6 is 0 Å². The van der Waals surface area contributed by atoms with E-state index in [2.05, 4.69) is 26.8 Å². The number of hydrogen-bond donors (Lipinski definition) is 15. The van der Waals surface area contributed by atoms with E-state index in [1.54, 1.807) is 6.92 Å². The summed E-state index contributed by atoms with van der Waals surface area (Å²) in [6.07, 6.45) is -27.2. The summed E-state index contributed by atoms with van der Waals surface area (Å²) in [5.41, 5.74) is -4.05. The van der Waals surface area contributed by atoms with E-state index >= 15 is 4.79 Å². The number of aliphatic carboxylic acids is 1. The monoisotopic (exact) mass is 1120 g/mol. The molecule has 4 saturated heterocycles. The van der Waals surface area contributed by atoms with Crippen LogP contribution in [0.1, 0.15) is 98.8 Å². The maximum atomic E-state index is 15.4. The fraction of sp³-hybridized carbons (Fsp3) is 0.925. The number of carbonyl (C=O) groups excluding carboxylic acids is 1. The van der Waals surface area contributed by atoms with Gasteiger partial charge in [0.1, 0.15) is 91.6 Å². The Hall–Kier alpha value is -2.16. The Balaban J connectivity index is 0.998. The second-order valence-corrected chi connectivity index (χ2v) is 25.4. The first-order chi connectivity index (χ1) is 36.6. The summed E-state index contributed by atoms with van der Waals surface area (Å²) in [4.78, 5) is 29.1. The molecule has 0 spiro atoms. The molecule has 0 radical (unpaired) electrons. The average molecular weight is 1120 g/mol. The Morgan fingerprint density at radius 1 is 0.615 bits per heavy atom. The van der Waals surface area contributed by atoms with Crippen LogP contribution in [-0.2, 0) is 47.5 Å². The molecule has 5 aliphatic carbocycles. The van der Waals surface area contributed by atoms with Crippen molar-refractivity contribution in [2.75, 3.05) is 33.0 Å². The third-order valence-corrected chi connectivity index (χ3v) is 21.4. The van der Waals surface area contributed by atoms with Gasteiger partial charge in [-0.1, -0.05) is 39.3 Å². The molecule has 4 aliphatic heterocycles. The van der Waals surface area contributed by atoms with Gasteiger partial charge in [0.05, 0.1) is 43.4 Å². The Kier molecular flexibility index (Phi) is 17.1. The number of rotatable bonds is 13. The number of carbonyl (C=O) groups is 2. The van der Waals surface area contributed by atoms with E-state index in [9.17, 15) is 81.4 Å². The molecule has 0 aromatic rings. The average Bonchev–Trinajstić information content (AvgIpc) is 2.21. The summed E-state index contributed by atoms with van der Waals surface area (Å²) in [6.45, 7) is 7.42. The highest BCUT2D eigenvalue weighted by Gasteiger charge is 2.72. The minimum absolute atomic E-state index is 0.0814. The van der Waals surface area contributed by atoms with Gasteiger partial charge in [-0.3, -0.25) is 9.59 Å². The Labute approximate surface area is 451 Å². The first kappa shape index (κ1) is 60.4. The van der Waals surface area contributed by atoms with Crippen molar-refractivity contribution in [2.45, 2.75) is 222 Å². The van der Waals surface area contributed by atoms with Gasteiger partial charge in [0, 0.05) is 6.61 Å². The van der Waals surface area contributed by atoms with Crippen LogP contribution in [0.5, 0.6) is 0 Å². The fourth-order valence-electron chi connectivity index (χ4n) is 16.1. The maximum absolute atomic E-state index is 15.4. The molecule has 9 aliphatic rings. The number of carboxylic acids is 1. The number of carboxylic acid groups (broad SMARTS) is 1. The fourth-order valence-corrected chi connectivity index (χ4v) is 16.1. The van der Waals surface area contributed by atoms with Crippen LogP contribution in [0, 0.1) is 50.2 Å². The van der Waals surface area contributed by atoms with Crippen LogP contribution < -0.4 is 0 Å². The number of ether oxygens (including phenoxy) is 8. The van der Waals surface area contributed by atoms with E-state index in [0.717, 1.165) is 5.57 Å². The lowest BCUT2D eigenvalue weighted by molar-refractivity contribution is -0.361. The highest BCUT2D eigenvalue weighted by Crippen LogP contribution is 2.76. The van der Waals surface area contributed by atoms with Crippen molar-refractivity contribution in [1.29, 1.82) is 0 Å². The van der Waals surface area contributed by atoms with E-state index in [-0.39, 0.29) is 31.8 Å². The van der Waals surface area contributed by atoms with Crippen molar-refractivity contribution in [3.05, 3.63) is 11.6 Å². The van der Waals surface area contributed by atoms with Crippen LogP contribution in [0.3, 0.4) is 0 Å². The molecule has 78 heavy (non-hydrogen) atoms. The smallest absolute Gasteiger partial charge is 0.315 e. The van der Waals surface area contributed by atoms with Gasteiger partial charge in [0.2, 0.25) is 6.29 Å². The molecule has 9 rings (SSSR count).